The van der Waals surface area contributed by atoms with Crippen LogP contribution in [0.3, 0.4) is 0 Å². The molecule has 8 heteroatoms. The number of rotatable bonds is 7. The van der Waals surface area contributed by atoms with Crippen LogP contribution in [0, 0.1) is 5.82 Å². The molecule has 1 amide bonds. The average molecular weight is 537 g/mol. The van der Waals surface area contributed by atoms with Crippen LogP contribution in [-0.4, -0.2) is 79.5 Å². The van der Waals surface area contributed by atoms with Crippen molar-refractivity contribution in [2.45, 2.75) is 31.7 Å². The molecule has 3 aromatic rings. The second kappa shape index (κ2) is 11.6. The number of hydrogen-bond donors (Lipinski definition) is 1. The minimum atomic E-state index is -0.970. The maximum absolute atomic E-state index is 14.1. The van der Waals surface area contributed by atoms with E-state index in [9.17, 15) is 9.18 Å². The van der Waals surface area contributed by atoms with E-state index in [1.807, 2.05) is 11.8 Å². The molecule has 0 atom stereocenters. The second-order valence-electron chi connectivity index (χ2n) is 11.1. The summed E-state index contributed by atoms with van der Waals surface area (Å²) in [6, 6.07) is 17.5. The molecule has 37 heavy (non-hydrogen) atoms. The monoisotopic (exact) mass is 536 g/mol. The number of amides is 1. The lowest BCUT2D eigenvalue weighted by Gasteiger charge is -2.35. The summed E-state index contributed by atoms with van der Waals surface area (Å²) < 4.78 is 14.1. The highest BCUT2D eigenvalue weighted by Gasteiger charge is 2.27. The summed E-state index contributed by atoms with van der Waals surface area (Å²) in [7, 11) is -0.970. The summed E-state index contributed by atoms with van der Waals surface area (Å²) in [6.45, 7) is 11.9. The van der Waals surface area contributed by atoms with Crippen LogP contribution >= 0.6 is 11.8 Å². The fourth-order valence-corrected chi connectivity index (χ4v) is 8.21. The van der Waals surface area contributed by atoms with E-state index in [0.717, 1.165) is 48.9 Å². The lowest BCUT2D eigenvalue weighted by molar-refractivity contribution is 0.0950. The Morgan fingerprint density at radius 2 is 1.73 bits per heavy atom. The van der Waals surface area contributed by atoms with Crippen molar-refractivity contribution in [3.63, 3.8) is 0 Å². The maximum atomic E-state index is 14.1. The number of fused-ring (bicyclic) bond motifs is 1. The summed E-state index contributed by atoms with van der Waals surface area (Å²) in [5.74, 6) is 1.73. The van der Waals surface area contributed by atoms with Gasteiger partial charge < -0.3 is 5.32 Å². The largest absolute Gasteiger partial charge is 0.351 e. The predicted octanol–water partition coefficient (Wildman–Crippen LogP) is 5.34. The van der Waals surface area contributed by atoms with E-state index in [4.69, 9.17) is 4.98 Å². The molecule has 2 aliphatic heterocycles. The van der Waals surface area contributed by atoms with Crippen LogP contribution in [-0.2, 0) is 6.54 Å². The van der Waals surface area contributed by atoms with Gasteiger partial charge >= 0.3 is 0 Å². The van der Waals surface area contributed by atoms with E-state index in [-0.39, 0.29) is 11.7 Å². The molecule has 0 unspecified atom stereocenters. The van der Waals surface area contributed by atoms with Crippen LogP contribution in [0.1, 0.15) is 15.9 Å². The third kappa shape index (κ3) is 6.79. The van der Waals surface area contributed by atoms with Crippen LogP contribution in [0.15, 0.2) is 48.5 Å². The van der Waals surface area contributed by atoms with Gasteiger partial charge in [-0.05, 0) is 55.0 Å². The van der Waals surface area contributed by atoms with Gasteiger partial charge in [-0.1, -0.05) is 37.4 Å². The van der Waals surface area contributed by atoms with E-state index in [2.05, 4.69) is 52.5 Å². The Morgan fingerprint density at radius 1 is 1.00 bits per heavy atom. The molecule has 0 saturated carbocycles. The molecule has 1 aromatic heterocycles. The number of carbonyl (C=O) groups excluding carboxylic acids is 1. The quantitative estimate of drug-likeness (QED) is 0.413. The highest BCUT2D eigenvalue weighted by Crippen LogP contribution is 2.27. The average Bonchev–Trinajstić information content (AvgIpc) is 2.90. The van der Waals surface area contributed by atoms with Gasteiger partial charge in [0.1, 0.15) is 5.82 Å². The summed E-state index contributed by atoms with van der Waals surface area (Å²) in [6.07, 6.45) is 0. The number of halogens is 1. The van der Waals surface area contributed by atoms with Gasteiger partial charge in [0.25, 0.3) is 5.91 Å². The molecule has 0 aliphatic carbocycles. The third-order valence-electron chi connectivity index (χ3n) is 7.70. The number of thioether (sulfide) groups is 1. The molecular weight excluding hydrogens is 499 g/mol. The predicted molar refractivity (Wildman–Crippen MR) is 156 cm³/mol. The van der Waals surface area contributed by atoms with Gasteiger partial charge in [-0.25, -0.2) is 9.37 Å². The first-order valence-electron chi connectivity index (χ1n) is 13.4. The number of pyridine rings is 1. The van der Waals surface area contributed by atoms with Gasteiger partial charge in [0.2, 0.25) is 0 Å². The van der Waals surface area contributed by atoms with E-state index in [1.54, 1.807) is 12.1 Å². The number of benzene rings is 2. The van der Waals surface area contributed by atoms with Gasteiger partial charge in [0, 0.05) is 63.3 Å². The minimum Gasteiger partial charge on any atom is -0.351 e. The Hall–Kier alpha value is -2.26. The van der Waals surface area contributed by atoms with Crippen LogP contribution in [0.4, 0.5) is 4.39 Å². The van der Waals surface area contributed by atoms with Crippen molar-refractivity contribution in [2.24, 2.45) is 0 Å². The van der Waals surface area contributed by atoms with Crippen molar-refractivity contribution in [1.29, 1.82) is 0 Å². The highest BCUT2D eigenvalue weighted by atomic mass is 32.2. The maximum Gasteiger partial charge on any atom is 0.252 e. The summed E-state index contributed by atoms with van der Waals surface area (Å²) in [5, 5.41) is 3.60. The normalized spacial score (nSPS) is 18.7. The standard InChI is InChI=1S/C29H37FN4OSSi/c1-37(2)17-13-34(14-18-37)21-22-3-5-23(6-4-22)28-20-26(25-19-24(30)7-8-27(25)32-28)29(35)31-9-10-33-11-15-36-16-12-33/h3-8,19-20H,9-18,21H2,1-2H3,(H,31,35). The first-order valence-corrected chi connectivity index (χ1v) is 17.9. The molecule has 0 radical (unpaired) electrons. The van der Waals surface area contributed by atoms with Crippen LogP contribution in [0.5, 0.6) is 0 Å². The number of nitrogens with one attached hydrogen (secondary N) is 1. The Labute approximate surface area is 224 Å². The molecule has 2 fully saturated rings. The SMILES string of the molecule is C[Si]1(C)CCN(Cc2ccc(-c3cc(C(=O)NCCN4CCSCC4)c4cc(F)ccc4n3)cc2)CC1. The molecule has 2 aliphatic rings. The number of hydrogen-bond acceptors (Lipinski definition) is 5. The van der Waals surface area contributed by atoms with E-state index in [0.29, 0.717) is 23.0 Å². The van der Waals surface area contributed by atoms with Gasteiger partial charge in [0.15, 0.2) is 0 Å². The van der Waals surface area contributed by atoms with Gasteiger partial charge in [-0.2, -0.15) is 11.8 Å². The van der Waals surface area contributed by atoms with Gasteiger partial charge in [-0.3, -0.25) is 14.6 Å². The van der Waals surface area contributed by atoms with E-state index < -0.39 is 8.07 Å². The zero-order valence-corrected chi connectivity index (χ0v) is 23.7. The molecule has 0 bridgehead atoms. The van der Waals surface area contributed by atoms with Crippen molar-refractivity contribution in [2.75, 3.05) is 50.8 Å². The molecular formula is C29H37FN4OSSi. The zero-order valence-electron chi connectivity index (χ0n) is 21.9. The van der Waals surface area contributed by atoms with Crippen molar-refractivity contribution in [3.8, 4) is 11.3 Å². The molecule has 196 valence electrons. The van der Waals surface area contributed by atoms with E-state index in [1.165, 1.54) is 42.9 Å². The summed E-state index contributed by atoms with van der Waals surface area (Å²) >= 11 is 1.97. The van der Waals surface area contributed by atoms with Crippen molar-refractivity contribution in [1.82, 2.24) is 20.1 Å². The van der Waals surface area contributed by atoms with Crippen LogP contribution in [0.2, 0.25) is 25.2 Å². The van der Waals surface area contributed by atoms with Crippen molar-refractivity contribution < 1.29 is 9.18 Å². The molecule has 2 aromatic carbocycles. The highest BCUT2D eigenvalue weighted by molar-refractivity contribution is 7.99. The first-order chi connectivity index (χ1) is 17.9. The molecule has 2 saturated heterocycles. The summed E-state index contributed by atoms with van der Waals surface area (Å²) in [5.41, 5.74) is 4.08. The molecule has 5 nitrogen and oxygen atoms in total. The Kier molecular flexibility index (Phi) is 8.29. The molecule has 5 rings (SSSR count). The van der Waals surface area contributed by atoms with Gasteiger partial charge in [-0.15, -0.1) is 0 Å². The van der Waals surface area contributed by atoms with Crippen molar-refractivity contribution in [3.05, 3.63) is 65.5 Å². The molecule has 0 spiro atoms. The zero-order chi connectivity index (χ0) is 25.8. The summed E-state index contributed by atoms with van der Waals surface area (Å²) in [4.78, 5) is 22.9. The fraction of sp³-hybridized carbons (Fsp3) is 0.448. The Morgan fingerprint density at radius 3 is 2.46 bits per heavy atom. The number of carbonyl (C=O) groups is 1. The Bertz CT molecular complexity index is 1240. The molecule has 3 heterocycles. The van der Waals surface area contributed by atoms with Crippen LogP contribution < -0.4 is 5.32 Å². The van der Waals surface area contributed by atoms with Crippen LogP contribution in [0.25, 0.3) is 22.2 Å². The van der Waals surface area contributed by atoms with Crippen molar-refractivity contribution >= 4 is 36.6 Å². The minimum absolute atomic E-state index is 0.182. The number of aromatic nitrogens is 1. The van der Waals surface area contributed by atoms with E-state index >= 15 is 0 Å². The first kappa shape index (κ1) is 26.3. The topological polar surface area (TPSA) is 48.5 Å². The lowest BCUT2D eigenvalue weighted by Crippen LogP contribution is -2.42. The fourth-order valence-electron chi connectivity index (χ4n) is 5.14. The lowest BCUT2D eigenvalue weighted by atomic mass is 10.0. The number of nitrogens with zero attached hydrogens (tertiary/aromatic N) is 3. The Balaban J connectivity index is 1.32. The smallest absolute Gasteiger partial charge is 0.252 e. The molecule has 1 N–H and O–H groups in total. The third-order valence-corrected chi connectivity index (χ3v) is 11.8. The second-order valence-corrected chi connectivity index (χ2v) is 17.6. The van der Waals surface area contributed by atoms with Gasteiger partial charge in [0.05, 0.1) is 16.8 Å².